The Morgan fingerprint density at radius 1 is 1.80 bits per heavy atom. The molecule has 0 spiro atoms. The summed E-state index contributed by atoms with van der Waals surface area (Å²) in [6.45, 7) is 9.68. The molecule has 2 heteroatoms. The van der Waals surface area contributed by atoms with Gasteiger partial charge in [-0.05, 0) is 13.8 Å². The summed E-state index contributed by atoms with van der Waals surface area (Å²) in [5, 5.41) is 9.14. The monoisotopic (exact) mass is 141 g/mol. The van der Waals surface area contributed by atoms with Gasteiger partial charge in [0.1, 0.15) is 0 Å². The van der Waals surface area contributed by atoms with Gasteiger partial charge in [0.05, 0.1) is 6.10 Å². The summed E-state index contributed by atoms with van der Waals surface area (Å²) in [6.07, 6.45) is 1.22. The van der Waals surface area contributed by atoms with Crippen molar-refractivity contribution in [2.75, 3.05) is 13.1 Å². The summed E-state index contributed by atoms with van der Waals surface area (Å²) in [5.74, 6) is 0. The van der Waals surface area contributed by atoms with E-state index in [-0.39, 0.29) is 6.10 Å². The zero-order valence-electron chi connectivity index (χ0n) is 6.67. The Morgan fingerprint density at radius 2 is 2.30 bits per heavy atom. The molecule has 2 atom stereocenters. The molecule has 58 valence electrons. The van der Waals surface area contributed by atoms with Gasteiger partial charge in [0.2, 0.25) is 0 Å². The van der Waals surface area contributed by atoms with Crippen molar-refractivity contribution in [3.05, 3.63) is 12.7 Å². The van der Waals surface area contributed by atoms with Crippen LogP contribution in [0.1, 0.15) is 13.8 Å². The first-order chi connectivity index (χ1) is 4.56. The van der Waals surface area contributed by atoms with Gasteiger partial charge in [-0.1, -0.05) is 6.08 Å². The van der Waals surface area contributed by atoms with E-state index >= 15 is 0 Å². The van der Waals surface area contributed by atoms with Crippen LogP contribution in [0.15, 0.2) is 12.7 Å². The van der Waals surface area contributed by atoms with Crippen molar-refractivity contribution in [2.24, 2.45) is 0 Å². The fraction of sp³-hybridized carbons (Fsp3) is 0.750. The van der Waals surface area contributed by atoms with Crippen molar-refractivity contribution in [1.82, 2.24) is 4.90 Å². The minimum absolute atomic E-state index is 0.323. The molecule has 1 rings (SSSR count). The normalized spacial score (nSPS) is 31.3. The molecule has 1 unspecified atom stereocenters. The zero-order valence-corrected chi connectivity index (χ0v) is 6.67. The highest BCUT2D eigenvalue weighted by atomic mass is 16.3. The minimum atomic E-state index is -0.359. The van der Waals surface area contributed by atoms with Crippen LogP contribution in [-0.4, -0.2) is 34.7 Å². The fourth-order valence-electron chi connectivity index (χ4n) is 1.04. The van der Waals surface area contributed by atoms with Crippen LogP contribution in [-0.2, 0) is 0 Å². The van der Waals surface area contributed by atoms with Gasteiger partial charge in [-0.25, -0.2) is 0 Å². The molecule has 0 bridgehead atoms. The predicted molar refractivity (Wildman–Crippen MR) is 41.9 cm³/mol. The molecule has 0 saturated carbocycles. The molecule has 0 aromatic carbocycles. The van der Waals surface area contributed by atoms with E-state index in [2.05, 4.69) is 25.3 Å². The molecule has 0 amide bonds. The molecule has 2 nitrogen and oxygen atoms in total. The van der Waals surface area contributed by atoms with E-state index in [9.17, 15) is 0 Å². The molecular formula is C8H15NO. The average Bonchev–Trinajstić information content (AvgIpc) is 2.40. The maximum absolute atomic E-state index is 9.14. The molecule has 10 heavy (non-hydrogen) atoms. The third-order valence-corrected chi connectivity index (χ3v) is 2.01. The number of nitrogens with zero attached hydrogens (tertiary/aromatic N) is 1. The predicted octanol–water partition coefficient (Wildman–Crippen LogP) is 0.627. The number of aliphatic hydroxyl groups is 1. The highest BCUT2D eigenvalue weighted by Crippen LogP contribution is 2.30. The van der Waals surface area contributed by atoms with Crippen LogP contribution in [0.25, 0.3) is 0 Å². The molecule has 1 aliphatic rings. The largest absolute Gasteiger partial charge is 0.388 e. The van der Waals surface area contributed by atoms with Gasteiger partial charge < -0.3 is 5.11 Å². The van der Waals surface area contributed by atoms with Crippen molar-refractivity contribution in [1.29, 1.82) is 0 Å². The van der Waals surface area contributed by atoms with Crippen molar-refractivity contribution < 1.29 is 5.11 Å². The summed E-state index contributed by atoms with van der Waals surface area (Å²) in [6, 6.07) is 0. The van der Waals surface area contributed by atoms with E-state index in [0.29, 0.717) is 5.54 Å². The van der Waals surface area contributed by atoms with Crippen LogP contribution >= 0.6 is 0 Å². The summed E-state index contributed by atoms with van der Waals surface area (Å²) in [5.41, 5.74) is 0.323. The van der Waals surface area contributed by atoms with Crippen molar-refractivity contribution >= 4 is 0 Å². The second-order valence-corrected chi connectivity index (χ2v) is 3.50. The fourth-order valence-corrected chi connectivity index (χ4v) is 1.04. The molecule has 0 aromatic rings. The molecule has 1 saturated heterocycles. The summed E-state index contributed by atoms with van der Waals surface area (Å²) in [4.78, 5) is 2.22. The third kappa shape index (κ3) is 1.58. The van der Waals surface area contributed by atoms with E-state index in [4.69, 9.17) is 5.11 Å². The Balaban J connectivity index is 2.23. The molecule has 1 heterocycles. The van der Waals surface area contributed by atoms with Gasteiger partial charge in [-0.3, -0.25) is 4.90 Å². The molecule has 0 aromatic heterocycles. The zero-order chi connectivity index (χ0) is 7.78. The molecule has 1 aliphatic heterocycles. The smallest absolute Gasteiger partial charge is 0.0845 e. The first-order valence-corrected chi connectivity index (χ1v) is 3.62. The minimum Gasteiger partial charge on any atom is -0.388 e. The number of hydrogen-bond acceptors (Lipinski definition) is 2. The first kappa shape index (κ1) is 7.76. The van der Waals surface area contributed by atoms with Gasteiger partial charge >= 0.3 is 0 Å². The number of aliphatic hydroxyl groups excluding tert-OH is 1. The molecule has 1 fully saturated rings. The molecule has 0 radical (unpaired) electrons. The second-order valence-electron chi connectivity index (χ2n) is 3.50. The highest BCUT2D eigenvalue weighted by molar-refractivity contribution is 5.01. The summed E-state index contributed by atoms with van der Waals surface area (Å²) < 4.78 is 0. The first-order valence-electron chi connectivity index (χ1n) is 3.62. The SMILES string of the molecule is C=C[C@@H](O)CN1CC1(C)C. The van der Waals surface area contributed by atoms with Gasteiger partial charge in [-0.2, -0.15) is 0 Å². The Hall–Kier alpha value is -0.340. The van der Waals surface area contributed by atoms with Crippen molar-refractivity contribution in [3.63, 3.8) is 0 Å². The Labute approximate surface area is 62.2 Å². The van der Waals surface area contributed by atoms with Gasteiger partial charge in [0.25, 0.3) is 0 Å². The lowest BCUT2D eigenvalue weighted by Gasteiger charge is -2.08. The van der Waals surface area contributed by atoms with Crippen LogP contribution in [0.5, 0.6) is 0 Å². The standard InChI is InChI=1S/C8H15NO/c1-4-7(10)5-9-6-8(9,2)3/h4,7,10H,1,5-6H2,2-3H3/t7-,9?/m1/s1. The quantitative estimate of drug-likeness (QED) is 0.460. The highest BCUT2D eigenvalue weighted by Gasteiger charge is 2.42. The second kappa shape index (κ2) is 2.36. The van der Waals surface area contributed by atoms with E-state index < -0.39 is 0 Å². The van der Waals surface area contributed by atoms with Crippen LogP contribution in [0.3, 0.4) is 0 Å². The number of β-amino-alcohol motifs (C(OH)–C–C–N with tert-alkyl or cyclic N) is 1. The Bertz CT molecular complexity index is 142. The Kier molecular flexibility index (Phi) is 1.84. The lowest BCUT2D eigenvalue weighted by Crippen LogP contribution is -2.20. The number of hydrogen-bond donors (Lipinski definition) is 1. The molecule has 1 N–H and O–H groups in total. The lowest BCUT2D eigenvalue weighted by atomic mass is 10.2. The van der Waals surface area contributed by atoms with E-state index in [1.807, 2.05) is 0 Å². The van der Waals surface area contributed by atoms with Crippen LogP contribution in [0.2, 0.25) is 0 Å². The maximum atomic E-state index is 9.14. The topological polar surface area (TPSA) is 23.2 Å². The van der Waals surface area contributed by atoms with Gasteiger partial charge in [0, 0.05) is 18.6 Å². The Morgan fingerprint density at radius 3 is 2.60 bits per heavy atom. The van der Waals surface area contributed by atoms with Crippen LogP contribution < -0.4 is 0 Å². The lowest BCUT2D eigenvalue weighted by molar-refractivity contribution is 0.190. The van der Waals surface area contributed by atoms with Crippen molar-refractivity contribution in [2.45, 2.75) is 25.5 Å². The van der Waals surface area contributed by atoms with E-state index in [1.165, 1.54) is 0 Å². The van der Waals surface area contributed by atoms with Gasteiger partial charge in [0.15, 0.2) is 0 Å². The molecular weight excluding hydrogens is 126 g/mol. The number of rotatable bonds is 3. The van der Waals surface area contributed by atoms with Crippen molar-refractivity contribution in [3.8, 4) is 0 Å². The molecule has 0 aliphatic carbocycles. The van der Waals surface area contributed by atoms with E-state index in [0.717, 1.165) is 13.1 Å². The summed E-state index contributed by atoms with van der Waals surface area (Å²) in [7, 11) is 0. The average molecular weight is 141 g/mol. The van der Waals surface area contributed by atoms with Gasteiger partial charge in [-0.15, -0.1) is 6.58 Å². The summed E-state index contributed by atoms with van der Waals surface area (Å²) >= 11 is 0. The van der Waals surface area contributed by atoms with E-state index in [1.54, 1.807) is 6.08 Å². The van der Waals surface area contributed by atoms with Crippen LogP contribution in [0.4, 0.5) is 0 Å². The third-order valence-electron chi connectivity index (χ3n) is 2.01. The maximum Gasteiger partial charge on any atom is 0.0845 e. The van der Waals surface area contributed by atoms with Crippen LogP contribution in [0, 0.1) is 0 Å².